The zero-order chi connectivity index (χ0) is 32.7. The molecular weight excluding hydrogens is 597 g/mol. The van der Waals surface area contributed by atoms with E-state index < -0.39 is 0 Å². The van der Waals surface area contributed by atoms with E-state index >= 15 is 0 Å². The minimum absolute atomic E-state index is 0.724. The van der Waals surface area contributed by atoms with Crippen molar-refractivity contribution in [2.45, 2.75) is 6.42 Å². The van der Waals surface area contributed by atoms with Crippen molar-refractivity contribution in [1.82, 2.24) is 4.98 Å². The van der Waals surface area contributed by atoms with E-state index in [1.165, 1.54) is 11.1 Å². The smallest absolute Gasteiger partial charge is 0.0737 e. The van der Waals surface area contributed by atoms with Crippen LogP contribution in [0.15, 0.2) is 196 Å². The molecule has 4 nitrogen and oxygen atoms in total. The van der Waals surface area contributed by atoms with Gasteiger partial charge in [-0.05, 0) is 88.4 Å². The molecule has 8 bridgehead atoms. The first-order chi connectivity index (χ1) is 24.2. The van der Waals surface area contributed by atoms with Gasteiger partial charge < -0.3 is 10.7 Å². The van der Waals surface area contributed by atoms with Crippen molar-refractivity contribution in [2.75, 3.05) is 5.73 Å². The number of hydrogen-bond acceptors (Lipinski definition) is 3. The molecule has 3 aliphatic heterocycles. The van der Waals surface area contributed by atoms with Gasteiger partial charge >= 0.3 is 0 Å². The summed E-state index contributed by atoms with van der Waals surface area (Å²) in [5.74, 6) is 0. The van der Waals surface area contributed by atoms with Crippen molar-refractivity contribution in [2.24, 2.45) is 9.98 Å². The average molecular weight is 629 g/mol. The van der Waals surface area contributed by atoms with Crippen molar-refractivity contribution in [3.63, 3.8) is 0 Å². The number of nitrogens with one attached hydrogen (secondary N) is 1. The molecular formula is C45H32N4. The fourth-order valence-electron chi connectivity index (χ4n) is 7.18. The molecule has 0 amide bonds. The Kier molecular flexibility index (Phi) is 6.98. The van der Waals surface area contributed by atoms with Crippen molar-refractivity contribution in [3.8, 4) is 0 Å². The van der Waals surface area contributed by atoms with Gasteiger partial charge in [0.05, 0.1) is 22.8 Å². The fourth-order valence-corrected chi connectivity index (χ4v) is 7.18. The minimum atomic E-state index is 0.724. The molecule has 4 heterocycles. The third kappa shape index (κ3) is 5.20. The Morgan fingerprint density at radius 2 is 0.816 bits per heavy atom. The normalized spacial score (nSPS) is 16.7. The van der Waals surface area contributed by atoms with Gasteiger partial charge in [-0.15, -0.1) is 0 Å². The van der Waals surface area contributed by atoms with Crippen LogP contribution < -0.4 is 5.73 Å². The molecule has 0 unspecified atom stereocenters. The van der Waals surface area contributed by atoms with E-state index in [4.69, 9.17) is 15.7 Å². The van der Waals surface area contributed by atoms with Gasteiger partial charge in [-0.1, -0.05) is 115 Å². The highest BCUT2D eigenvalue weighted by Gasteiger charge is 2.26. The maximum Gasteiger partial charge on any atom is 0.0737 e. The van der Waals surface area contributed by atoms with E-state index in [0.29, 0.717) is 0 Å². The van der Waals surface area contributed by atoms with Crippen LogP contribution in [0.25, 0.3) is 22.3 Å². The maximum atomic E-state index is 6.15. The number of nitrogens with zero attached hydrogens (tertiary/aromatic N) is 2. The highest BCUT2D eigenvalue weighted by Crippen LogP contribution is 2.41. The van der Waals surface area contributed by atoms with Crippen LogP contribution in [0.3, 0.4) is 0 Å². The second-order valence-electron chi connectivity index (χ2n) is 12.5. The number of benzene rings is 4. The number of H-pyrrole nitrogens is 1. The largest absolute Gasteiger partial charge is 0.399 e. The molecule has 0 saturated carbocycles. The summed E-state index contributed by atoms with van der Waals surface area (Å²) in [7, 11) is 0. The summed E-state index contributed by atoms with van der Waals surface area (Å²) in [4.78, 5) is 14.6. The second kappa shape index (κ2) is 11.9. The molecule has 0 atom stereocenters. The number of hydrogen-bond donors (Lipinski definition) is 2. The third-order valence-corrected chi connectivity index (χ3v) is 9.42. The number of anilines is 1. The molecule has 0 radical (unpaired) electrons. The summed E-state index contributed by atoms with van der Waals surface area (Å²) in [6.45, 7) is 0. The number of fused-ring (bicyclic) bond motifs is 6. The molecule has 0 spiro atoms. The van der Waals surface area contributed by atoms with Crippen LogP contribution in [-0.2, 0) is 0 Å². The predicted molar refractivity (Wildman–Crippen MR) is 204 cm³/mol. The summed E-state index contributed by atoms with van der Waals surface area (Å²) < 4.78 is 0. The monoisotopic (exact) mass is 628 g/mol. The van der Waals surface area contributed by atoms with E-state index in [1.807, 2.05) is 18.2 Å². The lowest BCUT2D eigenvalue weighted by Gasteiger charge is -2.14. The summed E-state index contributed by atoms with van der Waals surface area (Å²) in [5.41, 5.74) is 23.8. The molecule has 4 heteroatoms. The lowest BCUT2D eigenvalue weighted by atomic mass is 9.91. The zero-order valence-electron chi connectivity index (χ0n) is 26.8. The Labute approximate surface area is 285 Å². The number of aromatic nitrogens is 1. The first-order valence-electron chi connectivity index (χ1n) is 16.6. The van der Waals surface area contributed by atoms with Crippen LogP contribution >= 0.6 is 0 Å². The highest BCUT2D eigenvalue weighted by atomic mass is 14.8. The molecule has 4 aliphatic rings. The van der Waals surface area contributed by atoms with Crippen LogP contribution in [0.4, 0.5) is 5.69 Å². The predicted octanol–water partition coefficient (Wildman–Crippen LogP) is 10.0. The van der Waals surface area contributed by atoms with Crippen LogP contribution in [0.1, 0.15) is 40.1 Å². The van der Waals surface area contributed by atoms with Gasteiger partial charge in [-0.2, -0.15) is 0 Å². The van der Waals surface area contributed by atoms with Crippen LogP contribution in [0.5, 0.6) is 0 Å². The molecule has 4 aromatic carbocycles. The van der Waals surface area contributed by atoms with E-state index in [1.54, 1.807) is 0 Å². The number of nitrogen functional groups attached to an aromatic ring is 1. The van der Waals surface area contributed by atoms with Crippen LogP contribution in [-0.4, -0.2) is 16.4 Å². The second-order valence-corrected chi connectivity index (χ2v) is 12.5. The lowest BCUT2D eigenvalue weighted by Crippen LogP contribution is -2.03. The van der Waals surface area contributed by atoms with Crippen LogP contribution in [0, 0.1) is 0 Å². The molecule has 1 aromatic heterocycles. The summed E-state index contributed by atoms with van der Waals surface area (Å²) in [6, 6.07) is 44.1. The first kappa shape index (κ1) is 28.7. The van der Waals surface area contributed by atoms with Gasteiger partial charge in [0, 0.05) is 39.4 Å². The topological polar surface area (TPSA) is 66.5 Å². The van der Waals surface area contributed by atoms with Crippen molar-refractivity contribution >= 4 is 39.4 Å². The van der Waals surface area contributed by atoms with Crippen LogP contribution in [0.2, 0.25) is 0 Å². The number of rotatable bonds is 4. The van der Waals surface area contributed by atoms with Crippen molar-refractivity contribution in [3.05, 3.63) is 220 Å². The SMILES string of the molecule is Nc1ccc(C2=C3C=CC(=N3)C(c3ccccc3)=C3C=CC(=C(c4ccccc4)C4=NC(=C(c5ccccc5)c5ccc2[nH]5)C=C4)C3)cc1. The standard InChI is InChI=1S/C45H32N4/c46-35-20-18-32(19-21-35)45-40-25-23-37(48-40)43(30-12-6-2-7-13-30)34-17-16-33(28-34)42(29-10-4-1-5-11-29)36-22-24-38(47-36)44(31-14-8-3-9-15-31)39-26-27-41(45)49-39/h1-27,49H,28,46H2. The molecule has 0 fully saturated rings. The molecule has 232 valence electrons. The van der Waals surface area contributed by atoms with Crippen molar-refractivity contribution in [1.29, 1.82) is 0 Å². The van der Waals surface area contributed by atoms with Gasteiger partial charge in [0.2, 0.25) is 0 Å². The first-order valence-corrected chi connectivity index (χ1v) is 16.6. The molecule has 9 rings (SSSR count). The number of allylic oxidation sites excluding steroid dienone is 10. The quantitative estimate of drug-likeness (QED) is 0.191. The molecule has 1 aliphatic carbocycles. The van der Waals surface area contributed by atoms with E-state index in [9.17, 15) is 0 Å². The summed E-state index contributed by atoms with van der Waals surface area (Å²) >= 11 is 0. The molecule has 5 aromatic rings. The Bertz CT molecular complexity index is 2410. The summed E-state index contributed by atoms with van der Waals surface area (Å²) in [5, 5.41) is 0. The van der Waals surface area contributed by atoms with Gasteiger partial charge in [-0.3, -0.25) is 0 Å². The number of nitrogens with two attached hydrogens (primary N) is 1. The van der Waals surface area contributed by atoms with E-state index in [0.717, 1.165) is 90.9 Å². The Hall–Kier alpha value is -6.52. The number of aliphatic imine (C=N–C) groups is 2. The van der Waals surface area contributed by atoms with Gasteiger partial charge in [0.1, 0.15) is 0 Å². The van der Waals surface area contributed by atoms with Gasteiger partial charge in [0.25, 0.3) is 0 Å². The maximum absolute atomic E-state index is 6.15. The fraction of sp³-hybridized carbons (Fsp3) is 0.0222. The highest BCUT2D eigenvalue weighted by molar-refractivity contribution is 6.34. The Balaban J connectivity index is 1.36. The molecule has 49 heavy (non-hydrogen) atoms. The van der Waals surface area contributed by atoms with Gasteiger partial charge in [0.15, 0.2) is 0 Å². The van der Waals surface area contributed by atoms with Gasteiger partial charge in [-0.25, -0.2) is 9.98 Å². The minimum Gasteiger partial charge on any atom is -0.399 e. The lowest BCUT2D eigenvalue weighted by molar-refractivity contribution is 1.26. The van der Waals surface area contributed by atoms with E-state index in [-0.39, 0.29) is 0 Å². The Morgan fingerprint density at radius 1 is 0.408 bits per heavy atom. The van der Waals surface area contributed by atoms with Crippen molar-refractivity contribution < 1.29 is 0 Å². The third-order valence-electron chi connectivity index (χ3n) is 9.42. The summed E-state index contributed by atoms with van der Waals surface area (Å²) in [6.07, 6.45) is 13.9. The average Bonchev–Trinajstić information content (AvgIpc) is 3.98. The molecule has 3 N–H and O–H groups in total. The Morgan fingerprint density at radius 3 is 1.27 bits per heavy atom. The zero-order valence-corrected chi connectivity index (χ0v) is 26.8. The van der Waals surface area contributed by atoms with E-state index in [2.05, 4.69) is 151 Å². The molecule has 0 saturated heterocycles. The number of aromatic amines is 1.